The first-order valence-electron chi connectivity index (χ1n) is 4.84. The lowest BCUT2D eigenvalue weighted by Crippen LogP contribution is -2.40. The van der Waals surface area contributed by atoms with Crippen LogP contribution in [0.5, 0.6) is 0 Å². The summed E-state index contributed by atoms with van der Waals surface area (Å²) < 4.78 is 0. The van der Waals surface area contributed by atoms with Crippen molar-refractivity contribution in [3.8, 4) is 0 Å². The molecule has 0 radical (unpaired) electrons. The van der Waals surface area contributed by atoms with Crippen LogP contribution in [0.1, 0.15) is 19.3 Å². The van der Waals surface area contributed by atoms with E-state index in [2.05, 4.69) is 11.9 Å². The molecule has 1 fully saturated rings. The first-order valence-corrected chi connectivity index (χ1v) is 4.84. The van der Waals surface area contributed by atoms with Gasteiger partial charge >= 0.3 is 0 Å². The van der Waals surface area contributed by atoms with Crippen LogP contribution in [0, 0.1) is 0 Å². The Kier molecular flexibility index (Phi) is 3.96. The lowest BCUT2D eigenvalue weighted by Gasteiger charge is -2.23. The molecule has 1 rings (SSSR count). The minimum atomic E-state index is 0.216. The maximum absolute atomic E-state index is 11.6. The minimum Gasteiger partial charge on any atom is -0.338 e. The molecular formula is C10H18N2O. The van der Waals surface area contributed by atoms with Crippen molar-refractivity contribution in [3.05, 3.63) is 12.7 Å². The second kappa shape index (κ2) is 5.02. The average Bonchev–Trinajstić information content (AvgIpc) is 2.54. The fraction of sp³-hybridized carbons (Fsp3) is 0.700. The highest BCUT2D eigenvalue weighted by Gasteiger charge is 2.26. The first kappa shape index (κ1) is 10.3. The molecular weight excluding hydrogens is 164 g/mol. The number of nitrogens with zero attached hydrogens (tertiary/aromatic N) is 1. The molecule has 0 bridgehead atoms. The molecule has 13 heavy (non-hydrogen) atoms. The summed E-state index contributed by atoms with van der Waals surface area (Å²) in [6, 6.07) is 0.400. The zero-order valence-electron chi connectivity index (χ0n) is 8.25. The number of carbonyl (C=O) groups is 1. The Hall–Kier alpha value is -0.830. The van der Waals surface area contributed by atoms with E-state index in [9.17, 15) is 4.79 Å². The molecule has 1 atom stereocenters. The largest absolute Gasteiger partial charge is 0.338 e. The van der Waals surface area contributed by atoms with Gasteiger partial charge in [-0.05, 0) is 19.9 Å². The zero-order valence-corrected chi connectivity index (χ0v) is 8.25. The van der Waals surface area contributed by atoms with Gasteiger partial charge in [-0.1, -0.05) is 6.08 Å². The predicted molar refractivity (Wildman–Crippen MR) is 53.5 cm³/mol. The fourth-order valence-electron chi connectivity index (χ4n) is 1.85. The van der Waals surface area contributed by atoms with E-state index in [4.69, 9.17) is 0 Å². The molecule has 0 aliphatic carbocycles. The molecule has 1 unspecified atom stereocenters. The summed E-state index contributed by atoms with van der Waals surface area (Å²) in [7, 11) is 1.93. The summed E-state index contributed by atoms with van der Waals surface area (Å²) >= 11 is 0. The van der Waals surface area contributed by atoms with E-state index in [0.29, 0.717) is 12.5 Å². The van der Waals surface area contributed by atoms with Gasteiger partial charge in [0.25, 0.3) is 0 Å². The molecule has 1 aliphatic rings. The molecule has 0 saturated carbocycles. The number of amides is 1. The number of hydrogen-bond acceptors (Lipinski definition) is 2. The molecule has 1 heterocycles. The predicted octanol–water partition coefficient (Wildman–Crippen LogP) is 0.773. The molecule has 1 saturated heterocycles. The number of likely N-dealkylation sites (N-methyl/N-ethyl adjacent to an activating group) is 1. The van der Waals surface area contributed by atoms with Crippen molar-refractivity contribution in [2.24, 2.45) is 0 Å². The highest BCUT2D eigenvalue weighted by Crippen LogP contribution is 2.17. The SMILES string of the molecule is C=CCC(=O)N1CCCC1CNC. The third kappa shape index (κ3) is 2.56. The highest BCUT2D eigenvalue weighted by atomic mass is 16.2. The molecule has 1 N–H and O–H groups in total. The van der Waals surface area contributed by atoms with Crippen LogP contribution < -0.4 is 5.32 Å². The van der Waals surface area contributed by atoms with Gasteiger partial charge in [0.15, 0.2) is 0 Å². The summed E-state index contributed by atoms with van der Waals surface area (Å²) in [4.78, 5) is 13.5. The van der Waals surface area contributed by atoms with Crippen LogP contribution in [0.15, 0.2) is 12.7 Å². The van der Waals surface area contributed by atoms with Crippen molar-refractivity contribution in [1.82, 2.24) is 10.2 Å². The van der Waals surface area contributed by atoms with Crippen molar-refractivity contribution in [1.29, 1.82) is 0 Å². The number of rotatable bonds is 4. The van der Waals surface area contributed by atoms with E-state index in [1.165, 1.54) is 0 Å². The van der Waals surface area contributed by atoms with Crippen molar-refractivity contribution in [3.63, 3.8) is 0 Å². The maximum atomic E-state index is 11.6. The molecule has 3 heteroatoms. The topological polar surface area (TPSA) is 32.3 Å². The van der Waals surface area contributed by atoms with Crippen LogP contribution in [-0.4, -0.2) is 37.0 Å². The second-order valence-corrected chi connectivity index (χ2v) is 3.43. The van der Waals surface area contributed by atoms with Gasteiger partial charge in [-0.25, -0.2) is 0 Å². The maximum Gasteiger partial charge on any atom is 0.226 e. The van der Waals surface area contributed by atoms with E-state index in [1.54, 1.807) is 6.08 Å². The first-order chi connectivity index (χ1) is 6.29. The van der Waals surface area contributed by atoms with Gasteiger partial charge in [0.05, 0.1) is 0 Å². The van der Waals surface area contributed by atoms with Crippen molar-refractivity contribution >= 4 is 5.91 Å². The Balaban J connectivity index is 2.46. The summed E-state index contributed by atoms with van der Waals surface area (Å²) in [6.45, 7) is 5.40. The number of hydrogen-bond donors (Lipinski definition) is 1. The van der Waals surface area contributed by atoms with E-state index >= 15 is 0 Å². The number of carbonyl (C=O) groups excluding carboxylic acids is 1. The highest BCUT2D eigenvalue weighted by molar-refractivity contribution is 5.78. The zero-order chi connectivity index (χ0) is 9.68. The Labute approximate surface area is 79.8 Å². The van der Waals surface area contributed by atoms with E-state index in [1.807, 2.05) is 11.9 Å². The van der Waals surface area contributed by atoms with E-state index < -0.39 is 0 Å². The summed E-state index contributed by atoms with van der Waals surface area (Å²) in [5, 5.41) is 3.12. The molecule has 0 aromatic heterocycles. The van der Waals surface area contributed by atoms with Crippen LogP contribution in [0.2, 0.25) is 0 Å². The second-order valence-electron chi connectivity index (χ2n) is 3.43. The Bertz CT molecular complexity index is 191. The molecule has 0 aromatic rings. The third-order valence-corrected chi connectivity index (χ3v) is 2.46. The van der Waals surface area contributed by atoms with Gasteiger partial charge in [0.1, 0.15) is 0 Å². The van der Waals surface area contributed by atoms with Gasteiger partial charge in [0.2, 0.25) is 5.91 Å². The quantitative estimate of drug-likeness (QED) is 0.651. The van der Waals surface area contributed by atoms with Crippen molar-refractivity contribution in [2.75, 3.05) is 20.1 Å². The van der Waals surface area contributed by atoms with Crippen LogP contribution in [0.4, 0.5) is 0 Å². The normalized spacial score (nSPS) is 21.9. The Morgan fingerprint density at radius 3 is 3.15 bits per heavy atom. The Morgan fingerprint density at radius 2 is 2.54 bits per heavy atom. The van der Waals surface area contributed by atoms with Crippen LogP contribution in [0.3, 0.4) is 0 Å². The van der Waals surface area contributed by atoms with E-state index in [0.717, 1.165) is 25.9 Å². The summed E-state index contributed by atoms with van der Waals surface area (Å²) in [5.41, 5.74) is 0. The monoisotopic (exact) mass is 182 g/mol. The van der Waals surface area contributed by atoms with Crippen molar-refractivity contribution in [2.45, 2.75) is 25.3 Å². The number of likely N-dealkylation sites (tertiary alicyclic amines) is 1. The van der Waals surface area contributed by atoms with Gasteiger partial charge in [0, 0.05) is 25.6 Å². The molecule has 1 aliphatic heterocycles. The standard InChI is InChI=1S/C10H18N2O/c1-3-5-10(13)12-7-4-6-9(12)8-11-2/h3,9,11H,1,4-8H2,2H3. The van der Waals surface area contributed by atoms with Crippen molar-refractivity contribution < 1.29 is 4.79 Å². The molecule has 3 nitrogen and oxygen atoms in total. The summed E-state index contributed by atoms with van der Waals surface area (Å²) in [6.07, 6.45) is 4.41. The Morgan fingerprint density at radius 1 is 1.77 bits per heavy atom. The van der Waals surface area contributed by atoms with Gasteiger partial charge < -0.3 is 10.2 Å². The number of nitrogens with one attached hydrogen (secondary N) is 1. The fourth-order valence-corrected chi connectivity index (χ4v) is 1.85. The lowest BCUT2D eigenvalue weighted by atomic mass is 10.2. The molecule has 0 spiro atoms. The van der Waals surface area contributed by atoms with Gasteiger partial charge in [-0.3, -0.25) is 4.79 Å². The van der Waals surface area contributed by atoms with Gasteiger partial charge in [-0.2, -0.15) is 0 Å². The molecule has 1 amide bonds. The van der Waals surface area contributed by atoms with E-state index in [-0.39, 0.29) is 5.91 Å². The minimum absolute atomic E-state index is 0.216. The van der Waals surface area contributed by atoms with Gasteiger partial charge in [-0.15, -0.1) is 6.58 Å². The molecule has 74 valence electrons. The average molecular weight is 182 g/mol. The summed E-state index contributed by atoms with van der Waals surface area (Å²) in [5.74, 6) is 0.216. The van der Waals surface area contributed by atoms with Crippen LogP contribution in [-0.2, 0) is 4.79 Å². The van der Waals surface area contributed by atoms with Crippen LogP contribution >= 0.6 is 0 Å². The smallest absolute Gasteiger partial charge is 0.226 e. The lowest BCUT2D eigenvalue weighted by molar-refractivity contribution is -0.130. The molecule has 0 aromatic carbocycles. The third-order valence-electron chi connectivity index (χ3n) is 2.46. The van der Waals surface area contributed by atoms with Crippen LogP contribution in [0.25, 0.3) is 0 Å².